The van der Waals surface area contributed by atoms with E-state index in [4.69, 9.17) is 4.74 Å². The van der Waals surface area contributed by atoms with Gasteiger partial charge in [-0.05, 0) is 6.92 Å². The van der Waals surface area contributed by atoms with E-state index in [1.165, 1.54) is 7.11 Å². The Morgan fingerprint density at radius 3 is 2.38 bits per heavy atom. The zero-order chi connectivity index (χ0) is 18.7. The number of benzene rings is 1. The first-order valence-corrected chi connectivity index (χ1v) is 6.23. The molecule has 0 aliphatic heterocycles. The van der Waals surface area contributed by atoms with Gasteiger partial charge in [0.25, 0.3) is 5.56 Å². The van der Waals surface area contributed by atoms with E-state index in [0.717, 1.165) is 13.0 Å². The maximum atomic E-state index is 13.9. The van der Waals surface area contributed by atoms with Crippen LogP contribution in [0, 0.1) is 25.6 Å². The number of methoxy groups -OCH3 is 1. The number of terminal acetylenes is 1. The second-order valence-electron chi connectivity index (χ2n) is 4.37. The SMILES string of the molecule is C#C.COc1cc(-n2ncc(C(F)(F)F)c(C)c2=O)c(F)cc1O. The number of phenolic OH excluding ortho intramolecular Hbond substituents is 1. The largest absolute Gasteiger partial charge is 0.504 e. The van der Waals surface area contributed by atoms with Crippen LogP contribution in [0.3, 0.4) is 0 Å². The number of hydrogen-bond donors (Lipinski definition) is 1. The van der Waals surface area contributed by atoms with E-state index < -0.39 is 40.1 Å². The molecule has 1 aromatic carbocycles. The van der Waals surface area contributed by atoms with Crippen molar-refractivity contribution in [3.63, 3.8) is 0 Å². The molecule has 5 nitrogen and oxygen atoms in total. The van der Waals surface area contributed by atoms with E-state index in [0.29, 0.717) is 16.9 Å². The molecule has 0 atom stereocenters. The minimum atomic E-state index is -4.74. The monoisotopic (exact) mass is 344 g/mol. The molecule has 128 valence electrons. The molecular weight excluding hydrogens is 332 g/mol. The van der Waals surface area contributed by atoms with Gasteiger partial charge in [0, 0.05) is 17.7 Å². The van der Waals surface area contributed by atoms with Gasteiger partial charge in [0.15, 0.2) is 17.3 Å². The van der Waals surface area contributed by atoms with Crippen LogP contribution in [0.5, 0.6) is 11.5 Å². The molecule has 0 aliphatic carbocycles. The van der Waals surface area contributed by atoms with E-state index in [1.54, 1.807) is 0 Å². The van der Waals surface area contributed by atoms with E-state index in [9.17, 15) is 27.5 Å². The van der Waals surface area contributed by atoms with Gasteiger partial charge in [-0.25, -0.2) is 4.39 Å². The molecule has 2 aromatic rings. The highest BCUT2D eigenvalue weighted by Gasteiger charge is 2.34. The van der Waals surface area contributed by atoms with E-state index >= 15 is 0 Å². The number of hydrogen-bond acceptors (Lipinski definition) is 4. The van der Waals surface area contributed by atoms with Gasteiger partial charge in [-0.2, -0.15) is 23.0 Å². The van der Waals surface area contributed by atoms with Crippen LogP contribution in [0.15, 0.2) is 23.1 Å². The summed E-state index contributed by atoms with van der Waals surface area (Å²) in [6.07, 6.45) is 3.70. The molecule has 1 aromatic heterocycles. The Bertz CT molecular complexity index is 826. The number of aromatic hydroxyl groups is 1. The summed E-state index contributed by atoms with van der Waals surface area (Å²) in [5, 5.41) is 12.8. The zero-order valence-corrected chi connectivity index (χ0v) is 12.6. The van der Waals surface area contributed by atoms with E-state index in [-0.39, 0.29) is 5.75 Å². The molecule has 0 unspecified atom stereocenters. The van der Waals surface area contributed by atoms with Gasteiger partial charge >= 0.3 is 6.18 Å². The molecule has 0 amide bonds. The van der Waals surface area contributed by atoms with Gasteiger partial charge in [0.1, 0.15) is 5.69 Å². The minimum absolute atomic E-state index is 0.150. The lowest BCUT2D eigenvalue weighted by Crippen LogP contribution is -2.27. The maximum Gasteiger partial charge on any atom is 0.418 e. The molecule has 1 N–H and O–H groups in total. The topological polar surface area (TPSA) is 64.4 Å². The molecule has 0 aliphatic rings. The first-order valence-electron chi connectivity index (χ1n) is 6.23. The van der Waals surface area contributed by atoms with Crippen molar-refractivity contribution in [2.24, 2.45) is 0 Å². The smallest absolute Gasteiger partial charge is 0.418 e. The Morgan fingerprint density at radius 1 is 1.29 bits per heavy atom. The molecule has 0 saturated heterocycles. The predicted octanol–water partition coefficient (Wildman–Crippen LogP) is 2.66. The summed E-state index contributed by atoms with van der Waals surface area (Å²) < 4.78 is 57.2. The van der Waals surface area contributed by atoms with Crippen LogP contribution in [-0.2, 0) is 6.18 Å². The molecule has 2 rings (SSSR count). The summed E-state index contributed by atoms with van der Waals surface area (Å²) in [5.41, 5.74) is -3.37. The summed E-state index contributed by atoms with van der Waals surface area (Å²) in [7, 11) is 1.20. The highest BCUT2D eigenvalue weighted by atomic mass is 19.4. The van der Waals surface area contributed by atoms with Crippen molar-refractivity contribution in [3.05, 3.63) is 45.6 Å². The van der Waals surface area contributed by atoms with Crippen molar-refractivity contribution in [2.45, 2.75) is 13.1 Å². The van der Waals surface area contributed by atoms with Gasteiger partial charge < -0.3 is 9.84 Å². The average Bonchev–Trinajstić information content (AvgIpc) is 2.51. The van der Waals surface area contributed by atoms with E-state index in [2.05, 4.69) is 17.9 Å². The first-order chi connectivity index (χ1) is 11.2. The average molecular weight is 344 g/mol. The molecule has 0 bridgehead atoms. The van der Waals surface area contributed by atoms with Crippen molar-refractivity contribution in [2.75, 3.05) is 7.11 Å². The summed E-state index contributed by atoms with van der Waals surface area (Å²) in [6.45, 7) is 0.971. The summed E-state index contributed by atoms with van der Waals surface area (Å²) in [6, 6.07) is 1.64. The van der Waals surface area contributed by atoms with Crippen molar-refractivity contribution < 1.29 is 27.4 Å². The Morgan fingerprint density at radius 2 is 1.88 bits per heavy atom. The van der Waals surface area contributed by atoms with E-state index in [1.807, 2.05) is 0 Å². The number of rotatable bonds is 2. The molecule has 1 heterocycles. The maximum absolute atomic E-state index is 13.9. The lowest BCUT2D eigenvalue weighted by molar-refractivity contribution is -0.138. The molecule has 24 heavy (non-hydrogen) atoms. The Kier molecular flexibility index (Phi) is 5.58. The lowest BCUT2D eigenvalue weighted by Gasteiger charge is -2.13. The van der Waals surface area contributed by atoms with Crippen LogP contribution in [0.25, 0.3) is 5.69 Å². The lowest BCUT2D eigenvalue weighted by atomic mass is 10.2. The molecule has 0 saturated carbocycles. The third-order valence-corrected chi connectivity index (χ3v) is 3.00. The van der Waals surface area contributed by atoms with Crippen LogP contribution in [0.4, 0.5) is 17.6 Å². The second kappa shape index (κ2) is 7.04. The van der Waals surface area contributed by atoms with Gasteiger partial charge in [0.05, 0.1) is 18.9 Å². The number of nitrogens with zero attached hydrogens (tertiary/aromatic N) is 2. The van der Waals surface area contributed by atoms with Gasteiger partial charge in [0.2, 0.25) is 0 Å². The van der Waals surface area contributed by atoms with Crippen LogP contribution < -0.4 is 10.3 Å². The van der Waals surface area contributed by atoms with Gasteiger partial charge in [-0.3, -0.25) is 4.79 Å². The van der Waals surface area contributed by atoms with Gasteiger partial charge in [-0.15, -0.1) is 12.8 Å². The fourth-order valence-corrected chi connectivity index (χ4v) is 1.85. The number of aromatic nitrogens is 2. The van der Waals surface area contributed by atoms with Gasteiger partial charge in [-0.1, -0.05) is 0 Å². The fourth-order valence-electron chi connectivity index (χ4n) is 1.85. The Balaban J connectivity index is 0.00000139. The standard InChI is InChI=1S/C13H10F4N2O3.C2H2/c1-6-7(13(15,16)17)5-18-19(12(6)21)9-4-11(22-2)10(20)3-8(9)14;1-2/h3-5,20H,1-2H3;1-2H. The number of halogens is 4. The minimum Gasteiger partial charge on any atom is -0.504 e. The predicted molar refractivity (Wildman–Crippen MR) is 77.6 cm³/mol. The van der Waals surface area contributed by atoms with Crippen molar-refractivity contribution in [1.82, 2.24) is 9.78 Å². The molecule has 9 heteroatoms. The third-order valence-electron chi connectivity index (χ3n) is 3.00. The molecule has 0 radical (unpaired) electrons. The summed E-state index contributed by atoms with van der Waals surface area (Å²) in [4.78, 5) is 12.0. The molecular formula is C15H12F4N2O3. The molecule has 0 fully saturated rings. The normalized spacial score (nSPS) is 10.7. The zero-order valence-electron chi connectivity index (χ0n) is 12.6. The van der Waals surface area contributed by atoms with Crippen LogP contribution >= 0.6 is 0 Å². The van der Waals surface area contributed by atoms with Crippen molar-refractivity contribution in [3.8, 4) is 30.0 Å². The molecule has 0 spiro atoms. The Hall–Kier alpha value is -3.02. The first kappa shape index (κ1) is 19.0. The Labute approximate surface area is 134 Å². The van der Waals surface area contributed by atoms with Crippen LogP contribution in [-0.4, -0.2) is 22.0 Å². The van der Waals surface area contributed by atoms with Crippen molar-refractivity contribution in [1.29, 1.82) is 0 Å². The highest BCUT2D eigenvalue weighted by Crippen LogP contribution is 2.32. The van der Waals surface area contributed by atoms with Crippen molar-refractivity contribution >= 4 is 0 Å². The second-order valence-corrected chi connectivity index (χ2v) is 4.37. The number of phenols is 1. The summed E-state index contributed by atoms with van der Waals surface area (Å²) >= 11 is 0. The van der Waals surface area contributed by atoms with Crippen LogP contribution in [0.2, 0.25) is 0 Å². The van der Waals surface area contributed by atoms with Crippen LogP contribution in [0.1, 0.15) is 11.1 Å². The quantitative estimate of drug-likeness (QED) is 0.672. The summed E-state index contributed by atoms with van der Waals surface area (Å²) in [5.74, 6) is -1.70. The highest BCUT2D eigenvalue weighted by molar-refractivity contribution is 5.49. The fraction of sp³-hybridized carbons (Fsp3) is 0.200. The number of alkyl halides is 3. The number of ether oxygens (including phenoxy) is 1. The third kappa shape index (κ3) is 3.48.